The van der Waals surface area contributed by atoms with Gasteiger partial charge in [-0.15, -0.1) is 0 Å². The first-order valence-electron chi connectivity index (χ1n) is 7.31. The lowest BCUT2D eigenvalue weighted by molar-refractivity contribution is -0.135. The van der Waals surface area contributed by atoms with Crippen LogP contribution in [0.2, 0.25) is 0 Å². The quantitative estimate of drug-likeness (QED) is 0.818. The van der Waals surface area contributed by atoms with Crippen molar-refractivity contribution in [1.29, 1.82) is 0 Å². The molecule has 1 aromatic carbocycles. The standard InChI is InChI=1S/C16H21NO4/c18-12-21-15-8-6-13(7-9-15)10-17-16(19)20-11-14-4-2-1-3-5-14/h1-5,12-13,15H,6-11H2,(H,17,19). The Morgan fingerprint density at radius 1 is 1.19 bits per heavy atom. The molecule has 0 saturated heterocycles. The molecule has 21 heavy (non-hydrogen) atoms. The van der Waals surface area contributed by atoms with Gasteiger partial charge < -0.3 is 14.8 Å². The Bertz CT molecular complexity index is 441. The summed E-state index contributed by atoms with van der Waals surface area (Å²) in [7, 11) is 0. The minimum atomic E-state index is -0.384. The second-order valence-corrected chi connectivity index (χ2v) is 5.32. The van der Waals surface area contributed by atoms with E-state index in [4.69, 9.17) is 9.47 Å². The van der Waals surface area contributed by atoms with Gasteiger partial charge in [-0.25, -0.2) is 4.79 Å². The van der Waals surface area contributed by atoms with Crippen LogP contribution in [-0.2, 0) is 20.9 Å². The van der Waals surface area contributed by atoms with E-state index in [1.807, 2.05) is 30.3 Å². The minimum Gasteiger partial charge on any atom is -0.465 e. The van der Waals surface area contributed by atoms with Gasteiger partial charge in [0.2, 0.25) is 0 Å². The third-order valence-electron chi connectivity index (χ3n) is 3.79. The number of rotatable bonds is 6. The monoisotopic (exact) mass is 291 g/mol. The molecule has 1 aliphatic carbocycles. The Balaban J connectivity index is 1.60. The Morgan fingerprint density at radius 3 is 2.57 bits per heavy atom. The van der Waals surface area contributed by atoms with Gasteiger partial charge in [0.25, 0.3) is 6.47 Å². The molecule has 2 rings (SSSR count). The normalized spacial score (nSPS) is 21.3. The van der Waals surface area contributed by atoms with E-state index in [2.05, 4.69) is 5.32 Å². The number of nitrogens with one attached hydrogen (secondary N) is 1. The SMILES string of the molecule is O=COC1CCC(CNC(=O)OCc2ccccc2)CC1. The number of hydrogen-bond acceptors (Lipinski definition) is 4. The van der Waals surface area contributed by atoms with E-state index in [1.165, 1.54) is 0 Å². The molecule has 0 spiro atoms. The summed E-state index contributed by atoms with van der Waals surface area (Å²) in [6.45, 7) is 1.41. The van der Waals surface area contributed by atoms with Crippen molar-refractivity contribution in [2.24, 2.45) is 5.92 Å². The van der Waals surface area contributed by atoms with E-state index in [1.54, 1.807) is 0 Å². The molecule has 0 aliphatic heterocycles. The highest BCUT2D eigenvalue weighted by atomic mass is 16.5. The molecule has 1 fully saturated rings. The summed E-state index contributed by atoms with van der Waals surface area (Å²) in [6.07, 6.45) is 3.30. The van der Waals surface area contributed by atoms with Crippen molar-refractivity contribution in [3.05, 3.63) is 35.9 Å². The summed E-state index contributed by atoms with van der Waals surface area (Å²) >= 11 is 0. The van der Waals surface area contributed by atoms with E-state index < -0.39 is 0 Å². The van der Waals surface area contributed by atoms with Crippen LogP contribution in [0.15, 0.2) is 30.3 Å². The van der Waals surface area contributed by atoms with E-state index in [0.29, 0.717) is 18.9 Å². The molecular weight excluding hydrogens is 270 g/mol. The van der Waals surface area contributed by atoms with Crippen LogP contribution in [0.4, 0.5) is 4.79 Å². The summed E-state index contributed by atoms with van der Waals surface area (Å²) in [4.78, 5) is 21.9. The molecule has 1 aromatic rings. The third-order valence-corrected chi connectivity index (χ3v) is 3.79. The Morgan fingerprint density at radius 2 is 1.90 bits per heavy atom. The van der Waals surface area contributed by atoms with Crippen LogP contribution >= 0.6 is 0 Å². The van der Waals surface area contributed by atoms with Crippen LogP contribution in [0.25, 0.3) is 0 Å². The molecule has 1 amide bonds. The second kappa shape index (κ2) is 8.29. The van der Waals surface area contributed by atoms with Crippen LogP contribution in [0.5, 0.6) is 0 Å². The number of benzene rings is 1. The molecule has 1 aliphatic rings. The van der Waals surface area contributed by atoms with Crippen molar-refractivity contribution in [3.63, 3.8) is 0 Å². The van der Waals surface area contributed by atoms with Crippen molar-refractivity contribution in [3.8, 4) is 0 Å². The first kappa shape index (κ1) is 15.4. The van der Waals surface area contributed by atoms with Crippen LogP contribution in [0, 0.1) is 5.92 Å². The van der Waals surface area contributed by atoms with Crippen molar-refractivity contribution in [1.82, 2.24) is 5.32 Å². The van der Waals surface area contributed by atoms with Crippen LogP contribution in [0.3, 0.4) is 0 Å². The predicted octanol–water partition coefficient (Wildman–Crippen LogP) is 2.64. The van der Waals surface area contributed by atoms with E-state index >= 15 is 0 Å². The largest absolute Gasteiger partial charge is 0.465 e. The maximum Gasteiger partial charge on any atom is 0.407 e. The number of carbonyl (C=O) groups is 2. The van der Waals surface area contributed by atoms with E-state index in [9.17, 15) is 9.59 Å². The highest BCUT2D eigenvalue weighted by molar-refractivity contribution is 5.67. The molecule has 0 aromatic heterocycles. The zero-order chi connectivity index (χ0) is 14.9. The average molecular weight is 291 g/mol. The molecule has 0 radical (unpaired) electrons. The summed E-state index contributed by atoms with van der Waals surface area (Å²) in [6, 6.07) is 9.59. The van der Waals surface area contributed by atoms with Gasteiger partial charge >= 0.3 is 6.09 Å². The molecule has 1 saturated carbocycles. The Labute approximate surface area is 124 Å². The number of carbonyl (C=O) groups excluding carboxylic acids is 2. The van der Waals surface area contributed by atoms with Gasteiger partial charge in [-0.3, -0.25) is 4.79 Å². The van der Waals surface area contributed by atoms with Gasteiger partial charge in [0, 0.05) is 6.54 Å². The van der Waals surface area contributed by atoms with Crippen molar-refractivity contribution in [2.45, 2.75) is 38.4 Å². The van der Waals surface area contributed by atoms with E-state index in [-0.39, 0.29) is 18.8 Å². The van der Waals surface area contributed by atoms with Gasteiger partial charge in [-0.1, -0.05) is 30.3 Å². The third kappa shape index (κ3) is 5.45. The van der Waals surface area contributed by atoms with Gasteiger partial charge in [-0.2, -0.15) is 0 Å². The summed E-state index contributed by atoms with van der Waals surface area (Å²) in [5.74, 6) is 0.431. The molecule has 5 heteroatoms. The number of hydrogen-bond donors (Lipinski definition) is 1. The van der Waals surface area contributed by atoms with Gasteiger partial charge in [-0.05, 0) is 37.2 Å². The molecule has 0 bridgehead atoms. The van der Waals surface area contributed by atoms with Gasteiger partial charge in [0.05, 0.1) is 0 Å². The zero-order valence-corrected chi connectivity index (χ0v) is 12.0. The topological polar surface area (TPSA) is 64.6 Å². The predicted molar refractivity (Wildman–Crippen MR) is 77.5 cm³/mol. The smallest absolute Gasteiger partial charge is 0.407 e. The molecule has 5 nitrogen and oxygen atoms in total. The molecular formula is C16H21NO4. The molecule has 0 unspecified atom stereocenters. The van der Waals surface area contributed by atoms with Crippen LogP contribution < -0.4 is 5.32 Å². The highest BCUT2D eigenvalue weighted by Crippen LogP contribution is 2.25. The van der Waals surface area contributed by atoms with Gasteiger partial charge in [0.1, 0.15) is 12.7 Å². The Kier molecular flexibility index (Phi) is 6.06. The highest BCUT2D eigenvalue weighted by Gasteiger charge is 2.22. The summed E-state index contributed by atoms with van der Waals surface area (Å²) in [5, 5.41) is 2.80. The average Bonchev–Trinajstić information content (AvgIpc) is 2.53. The lowest BCUT2D eigenvalue weighted by atomic mass is 9.87. The summed E-state index contributed by atoms with van der Waals surface area (Å²) in [5.41, 5.74) is 0.971. The summed E-state index contributed by atoms with van der Waals surface area (Å²) < 4.78 is 10.1. The number of amides is 1. The van der Waals surface area contributed by atoms with Gasteiger partial charge in [0.15, 0.2) is 0 Å². The lowest BCUT2D eigenvalue weighted by Gasteiger charge is -2.27. The van der Waals surface area contributed by atoms with E-state index in [0.717, 1.165) is 31.2 Å². The van der Waals surface area contributed by atoms with Crippen molar-refractivity contribution in [2.75, 3.05) is 6.54 Å². The maximum atomic E-state index is 11.6. The minimum absolute atomic E-state index is 0.0452. The fraction of sp³-hybridized carbons (Fsp3) is 0.500. The molecule has 114 valence electrons. The molecule has 0 heterocycles. The van der Waals surface area contributed by atoms with Crippen molar-refractivity contribution >= 4 is 12.6 Å². The van der Waals surface area contributed by atoms with Crippen LogP contribution in [-0.4, -0.2) is 25.2 Å². The molecule has 1 N–H and O–H groups in total. The maximum absolute atomic E-state index is 11.6. The van der Waals surface area contributed by atoms with Crippen LogP contribution in [0.1, 0.15) is 31.2 Å². The Hall–Kier alpha value is -2.04. The second-order valence-electron chi connectivity index (χ2n) is 5.32. The lowest BCUT2D eigenvalue weighted by Crippen LogP contribution is -2.32. The first-order chi connectivity index (χ1) is 10.3. The zero-order valence-electron chi connectivity index (χ0n) is 12.0. The number of alkyl carbamates (subject to hydrolysis) is 1. The first-order valence-corrected chi connectivity index (χ1v) is 7.31. The molecule has 0 atom stereocenters. The van der Waals surface area contributed by atoms with Crippen molar-refractivity contribution < 1.29 is 19.1 Å². The fourth-order valence-corrected chi connectivity index (χ4v) is 2.55. The number of ether oxygens (including phenoxy) is 2. The fourth-order valence-electron chi connectivity index (χ4n) is 2.55.